The van der Waals surface area contributed by atoms with Gasteiger partial charge in [0.15, 0.2) is 0 Å². The van der Waals surface area contributed by atoms with Gasteiger partial charge in [-0.25, -0.2) is 19.4 Å². The van der Waals surface area contributed by atoms with Crippen molar-refractivity contribution in [2.45, 2.75) is 0 Å². The van der Waals surface area contributed by atoms with Crippen molar-refractivity contribution in [2.24, 2.45) is 0 Å². The molecular weight excluding hydrogens is 366 g/mol. The Hall–Kier alpha value is -3.13. The maximum atomic E-state index is 11.5. The number of hydrogen-bond acceptors (Lipinski definition) is 5. The van der Waals surface area contributed by atoms with Crippen LogP contribution >= 0.6 is 11.6 Å². The van der Waals surface area contributed by atoms with E-state index in [0.717, 1.165) is 23.5 Å². The summed E-state index contributed by atoms with van der Waals surface area (Å²) in [6.45, 7) is 2.60. The molecule has 0 radical (unpaired) electrons. The summed E-state index contributed by atoms with van der Waals surface area (Å²) in [5.41, 5.74) is 2.42. The highest BCUT2D eigenvalue weighted by Gasteiger charge is 2.18. The standard InChI is InChI=1S/C18H18ClN7O/c19-14-3-1-2-4-16(14)26-12-13(11-23-26)15-5-6-20-17(24-15)21-7-9-25-10-8-22-18(25)27/h1-6,11-12H,7-10H2,(H,22,27)(H,20,21,24). The van der Waals surface area contributed by atoms with Gasteiger partial charge < -0.3 is 15.5 Å². The van der Waals surface area contributed by atoms with Crippen LogP contribution in [-0.4, -0.2) is 56.9 Å². The molecule has 0 atom stereocenters. The summed E-state index contributed by atoms with van der Waals surface area (Å²) in [6.07, 6.45) is 5.31. The van der Waals surface area contributed by atoms with Gasteiger partial charge in [-0.3, -0.25) is 0 Å². The molecule has 0 saturated carbocycles. The van der Waals surface area contributed by atoms with Crippen molar-refractivity contribution in [3.05, 3.63) is 53.9 Å². The molecule has 1 aliphatic rings. The van der Waals surface area contributed by atoms with E-state index in [9.17, 15) is 4.79 Å². The summed E-state index contributed by atoms with van der Waals surface area (Å²) in [5, 5.41) is 10.9. The largest absolute Gasteiger partial charge is 0.352 e. The van der Waals surface area contributed by atoms with Gasteiger partial charge in [0.05, 0.1) is 22.6 Å². The van der Waals surface area contributed by atoms with Gasteiger partial charge in [-0.15, -0.1) is 0 Å². The van der Waals surface area contributed by atoms with E-state index < -0.39 is 0 Å². The molecule has 2 aromatic heterocycles. The monoisotopic (exact) mass is 383 g/mol. The van der Waals surface area contributed by atoms with Crippen LogP contribution in [0.1, 0.15) is 0 Å². The summed E-state index contributed by atoms with van der Waals surface area (Å²) in [5.74, 6) is 0.512. The minimum absolute atomic E-state index is 0.0292. The third kappa shape index (κ3) is 3.85. The second-order valence-electron chi connectivity index (χ2n) is 6.04. The Labute approximate surface area is 161 Å². The molecule has 138 valence electrons. The maximum absolute atomic E-state index is 11.5. The lowest BCUT2D eigenvalue weighted by molar-refractivity contribution is 0.219. The molecule has 9 heteroatoms. The van der Waals surface area contributed by atoms with Gasteiger partial charge in [-0.2, -0.15) is 5.10 Å². The van der Waals surface area contributed by atoms with E-state index in [2.05, 4.69) is 25.7 Å². The van der Waals surface area contributed by atoms with Crippen LogP contribution in [0.3, 0.4) is 0 Å². The lowest BCUT2D eigenvalue weighted by Crippen LogP contribution is -2.32. The van der Waals surface area contributed by atoms with Crippen molar-refractivity contribution in [3.8, 4) is 16.9 Å². The zero-order chi connectivity index (χ0) is 18.6. The third-order valence-corrected chi connectivity index (χ3v) is 4.56. The number of para-hydroxylation sites is 1. The predicted octanol–water partition coefficient (Wildman–Crippen LogP) is 2.42. The van der Waals surface area contributed by atoms with Crippen molar-refractivity contribution in [2.75, 3.05) is 31.5 Å². The van der Waals surface area contributed by atoms with Crippen LogP contribution in [0.2, 0.25) is 5.02 Å². The number of rotatable bonds is 6. The number of aromatic nitrogens is 4. The van der Waals surface area contributed by atoms with Crippen LogP contribution in [0.4, 0.5) is 10.7 Å². The number of amides is 2. The molecule has 8 nitrogen and oxygen atoms in total. The predicted molar refractivity (Wildman–Crippen MR) is 103 cm³/mol. The number of hydrogen-bond donors (Lipinski definition) is 2. The first kappa shape index (κ1) is 17.3. The first-order valence-electron chi connectivity index (χ1n) is 8.60. The Kier molecular flexibility index (Phi) is 4.88. The van der Waals surface area contributed by atoms with Crippen molar-refractivity contribution in [1.82, 2.24) is 30.0 Å². The van der Waals surface area contributed by atoms with Crippen molar-refractivity contribution in [3.63, 3.8) is 0 Å². The first-order valence-corrected chi connectivity index (χ1v) is 8.98. The first-order chi connectivity index (χ1) is 13.2. The number of benzene rings is 1. The van der Waals surface area contributed by atoms with E-state index in [-0.39, 0.29) is 6.03 Å². The molecule has 1 fully saturated rings. The molecule has 0 aliphatic carbocycles. The highest BCUT2D eigenvalue weighted by Crippen LogP contribution is 2.22. The van der Waals surface area contributed by atoms with Gasteiger partial charge in [0.1, 0.15) is 0 Å². The topological polar surface area (TPSA) is 88.0 Å². The number of carbonyl (C=O) groups excluding carboxylic acids is 1. The molecule has 3 aromatic rings. The zero-order valence-electron chi connectivity index (χ0n) is 14.5. The summed E-state index contributed by atoms with van der Waals surface area (Å²) >= 11 is 6.23. The van der Waals surface area contributed by atoms with E-state index in [4.69, 9.17) is 11.6 Å². The van der Waals surface area contributed by atoms with Crippen LogP contribution in [0.25, 0.3) is 16.9 Å². The Balaban J connectivity index is 1.45. The highest BCUT2D eigenvalue weighted by molar-refractivity contribution is 6.32. The van der Waals surface area contributed by atoms with Crippen molar-refractivity contribution in [1.29, 1.82) is 0 Å². The van der Waals surface area contributed by atoms with Crippen LogP contribution in [-0.2, 0) is 0 Å². The molecular formula is C18H18ClN7O. The molecule has 0 spiro atoms. The normalized spacial score (nSPS) is 13.7. The number of urea groups is 1. The number of halogens is 1. The summed E-state index contributed by atoms with van der Waals surface area (Å²) in [6, 6.07) is 9.32. The molecule has 1 aliphatic heterocycles. The molecule has 3 heterocycles. The van der Waals surface area contributed by atoms with E-state index in [1.165, 1.54) is 0 Å². The summed E-state index contributed by atoms with van der Waals surface area (Å²) < 4.78 is 1.72. The van der Waals surface area contributed by atoms with E-state index in [0.29, 0.717) is 30.6 Å². The van der Waals surface area contributed by atoms with Crippen LogP contribution in [0.5, 0.6) is 0 Å². The van der Waals surface area contributed by atoms with Crippen LogP contribution in [0.15, 0.2) is 48.9 Å². The van der Waals surface area contributed by atoms with Crippen molar-refractivity contribution < 1.29 is 4.79 Å². The van der Waals surface area contributed by atoms with Gasteiger partial charge in [-0.1, -0.05) is 23.7 Å². The van der Waals surface area contributed by atoms with E-state index >= 15 is 0 Å². The molecule has 2 N–H and O–H groups in total. The maximum Gasteiger partial charge on any atom is 0.317 e. The average Bonchev–Trinajstić information content (AvgIpc) is 3.32. The number of nitrogens with zero attached hydrogens (tertiary/aromatic N) is 5. The van der Waals surface area contributed by atoms with Crippen LogP contribution < -0.4 is 10.6 Å². The molecule has 27 heavy (non-hydrogen) atoms. The van der Waals surface area contributed by atoms with Gasteiger partial charge in [0.2, 0.25) is 5.95 Å². The van der Waals surface area contributed by atoms with Crippen LogP contribution in [0, 0.1) is 0 Å². The minimum atomic E-state index is -0.0292. The van der Waals surface area contributed by atoms with E-state index in [1.807, 2.05) is 36.5 Å². The lowest BCUT2D eigenvalue weighted by Gasteiger charge is -2.14. The van der Waals surface area contributed by atoms with Gasteiger partial charge in [0.25, 0.3) is 0 Å². The molecule has 2 amide bonds. The summed E-state index contributed by atoms with van der Waals surface area (Å²) in [4.78, 5) is 22.1. The number of carbonyl (C=O) groups is 1. The quantitative estimate of drug-likeness (QED) is 0.682. The molecule has 1 aromatic carbocycles. The molecule has 1 saturated heterocycles. The van der Waals surface area contributed by atoms with E-state index in [1.54, 1.807) is 22.0 Å². The summed E-state index contributed by atoms with van der Waals surface area (Å²) in [7, 11) is 0. The smallest absolute Gasteiger partial charge is 0.317 e. The number of anilines is 1. The molecule has 0 unspecified atom stereocenters. The fourth-order valence-electron chi connectivity index (χ4n) is 2.86. The highest BCUT2D eigenvalue weighted by atomic mass is 35.5. The van der Waals surface area contributed by atoms with Gasteiger partial charge in [-0.05, 0) is 18.2 Å². The Morgan fingerprint density at radius 1 is 1.26 bits per heavy atom. The Bertz CT molecular complexity index is 958. The fourth-order valence-corrected chi connectivity index (χ4v) is 3.08. The second kappa shape index (κ2) is 7.63. The second-order valence-corrected chi connectivity index (χ2v) is 6.44. The lowest BCUT2D eigenvalue weighted by atomic mass is 10.2. The van der Waals surface area contributed by atoms with Gasteiger partial charge >= 0.3 is 6.03 Å². The van der Waals surface area contributed by atoms with Crippen molar-refractivity contribution >= 4 is 23.6 Å². The Morgan fingerprint density at radius 2 is 2.15 bits per heavy atom. The third-order valence-electron chi connectivity index (χ3n) is 4.24. The number of nitrogens with one attached hydrogen (secondary N) is 2. The zero-order valence-corrected chi connectivity index (χ0v) is 15.2. The Morgan fingerprint density at radius 3 is 2.96 bits per heavy atom. The fraction of sp³-hybridized carbons (Fsp3) is 0.222. The van der Waals surface area contributed by atoms with Gasteiger partial charge in [0, 0.05) is 44.1 Å². The minimum Gasteiger partial charge on any atom is -0.352 e. The average molecular weight is 384 g/mol. The molecule has 0 bridgehead atoms. The molecule has 4 rings (SSSR count). The SMILES string of the molecule is O=C1NCCN1CCNc1nccc(-c2cnn(-c3ccccc3Cl)c2)n1.